The number of nitrogens with zero attached hydrogens (tertiary/aromatic N) is 1. The van der Waals surface area contributed by atoms with Gasteiger partial charge in [-0.2, -0.15) is 0 Å². The normalized spacial score (nSPS) is 26.5. The minimum absolute atomic E-state index is 0.869. The molecule has 1 saturated carbocycles. The lowest BCUT2D eigenvalue weighted by molar-refractivity contribution is 0.0547. The third-order valence-corrected chi connectivity index (χ3v) is 5.35. The van der Waals surface area contributed by atoms with Crippen LogP contribution in [0.4, 0.5) is 0 Å². The molecular formula is C19H30N2. The lowest BCUT2D eigenvalue weighted by atomic mass is 9.78. The number of rotatable bonds is 5. The lowest BCUT2D eigenvalue weighted by Gasteiger charge is -2.44. The molecule has 1 aromatic rings. The van der Waals surface area contributed by atoms with Gasteiger partial charge in [0.1, 0.15) is 0 Å². The topological polar surface area (TPSA) is 15.3 Å². The molecule has 0 amide bonds. The van der Waals surface area contributed by atoms with Crippen molar-refractivity contribution in [2.75, 3.05) is 13.1 Å². The maximum Gasteiger partial charge on any atom is 0.0236 e. The summed E-state index contributed by atoms with van der Waals surface area (Å²) in [7, 11) is 0. The number of benzene rings is 1. The molecule has 2 fully saturated rings. The summed E-state index contributed by atoms with van der Waals surface area (Å²) in [6, 6.07) is 10.1. The molecule has 2 nitrogen and oxygen atoms in total. The Morgan fingerprint density at radius 2 is 1.71 bits per heavy atom. The van der Waals surface area contributed by atoms with Crippen LogP contribution >= 0.6 is 0 Å². The van der Waals surface area contributed by atoms with E-state index in [1.807, 2.05) is 0 Å². The molecule has 1 saturated heterocycles. The van der Waals surface area contributed by atoms with Crippen molar-refractivity contribution in [3.8, 4) is 0 Å². The van der Waals surface area contributed by atoms with Crippen molar-refractivity contribution >= 4 is 0 Å². The second kappa shape index (κ2) is 7.42. The van der Waals surface area contributed by atoms with E-state index in [0.29, 0.717) is 0 Å². The van der Waals surface area contributed by atoms with Crippen molar-refractivity contribution < 1.29 is 0 Å². The second-order valence-electron chi connectivity index (χ2n) is 6.82. The SMILES string of the molecule is CCNCc1ccc(CN2CCC[C@H]3CCCC[C@H]32)cc1. The van der Waals surface area contributed by atoms with Crippen molar-refractivity contribution in [1.82, 2.24) is 10.2 Å². The molecule has 1 aliphatic heterocycles. The minimum atomic E-state index is 0.869. The van der Waals surface area contributed by atoms with Crippen LogP contribution < -0.4 is 5.32 Å². The van der Waals surface area contributed by atoms with Crippen LogP contribution in [0.25, 0.3) is 0 Å². The maximum absolute atomic E-state index is 3.39. The van der Waals surface area contributed by atoms with Crippen LogP contribution in [0.15, 0.2) is 24.3 Å². The van der Waals surface area contributed by atoms with Gasteiger partial charge in [0.05, 0.1) is 0 Å². The Bertz CT molecular complexity index is 424. The fourth-order valence-electron chi connectivity index (χ4n) is 4.19. The summed E-state index contributed by atoms with van der Waals surface area (Å²) < 4.78 is 0. The summed E-state index contributed by atoms with van der Waals surface area (Å²) in [6.45, 7) is 6.65. The van der Waals surface area contributed by atoms with Crippen LogP contribution in [-0.2, 0) is 13.1 Å². The molecule has 2 heteroatoms. The molecular weight excluding hydrogens is 256 g/mol. The van der Waals surface area contributed by atoms with Gasteiger partial charge in [0, 0.05) is 19.1 Å². The lowest BCUT2D eigenvalue weighted by Crippen LogP contribution is -2.46. The van der Waals surface area contributed by atoms with Gasteiger partial charge in [0.2, 0.25) is 0 Å². The van der Waals surface area contributed by atoms with E-state index in [4.69, 9.17) is 0 Å². The Morgan fingerprint density at radius 1 is 1.00 bits per heavy atom. The summed E-state index contributed by atoms with van der Waals surface area (Å²) in [4.78, 5) is 2.77. The first-order valence-electron chi connectivity index (χ1n) is 8.89. The Kier molecular flexibility index (Phi) is 5.32. The van der Waals surface area contributed by atoms with E-state index >= 15 is 0 Å². The van der Waals surface area contributed by atoms with Gasteiger partial charge in [-0.3, -0.25) is 4.90 Å². The molecule has 3 rings (SSSR count). The number of fused-ring (bicyclic) bond motifs is 1. The number of piperidine rings is 1. The summed E-state index contributed by atoms with van der Waals surface area (Å²) in [5.41, 5.74) is 2.89. The first-order chi connectivity index (χ1) is 10.4. The van der Waals surface area contributed by atoms with Crippen LogP contribution in [0.1, 0.15) is 56.6 Å². The number of likely N-dealkylation sites (tertiary alicyclic amines) is 1. The van der Waals surface area contributed by atoms with Gasteiger partial charge < -0.3 is 5.32 Å². The molecule has 0 spiro atoms. The monoisotopic (exact) mass is 286 g/mol. The summed E-state index contributed by atoms with van der Waals surface area (Å²) in [5.74, 6) is 0.987. The van der Waals surface area contributed by atoms with Crippen molar-refractivity contribution in [3.63, 3.8) is 0 Å². The molecule has 1 N–H and O–H groups in total. The summed E-state index contributed by atoms with van der Waals surface area (Å²) in [6.07, 6.45) is 8.70. The first kappa shape index (κ1) is 15.1. The molecule has 1 aromatic carbocycles. The third kappa shape index (κ3) is 3.87. The quantitative estimate of drug-likeness (QED) is 0.881. The molecule has 2 aliphatic rings. The predicted molar refractivity (Wildman–Crippen MR) is 89.2 cm³/mol. The molecule has 21 heavy (non-hydrogen) atoms. The highest BCUT2D eigenvalue weighted by Gasteiger charge is 2.32. The fourth-order valence-corrected chi connectivity index (χ4v) is 4.19. The zero-order valence-electron chi connectivity index (χ0n) is 13.5. The van der Waals surface area contributed by atoms with Crippen molar-refractivity contribution in [2.45, 2.75) is 64.6 Å². The number of nitrogens with one attached hydrogen (secondary N) is 1. The Hall–Kier alpha value is -0.860. The highest BCUT2D eigenvalue weighted by molar-refractivity contribution is 5.22. The molecule has 1 aliphatic carbocycles. The molecule has 0 bridgehead atoms. The van der Waals surface area contributed by atoms with Gasteiger partial charge in [-0.1, -0.05) is 44.0 Å². The van der Waals surface area contributed by atoms with E-state index in [0.717, 1.165) is 31.6 Å². The van der Waals surface area contributed by atoms with Crippen molar-refractivity contribution in [1.29, 1.82) is 0 Å². The molecule has 0 aromatic heterocycles. The van der Waals surface area contributed by atoms with E-state index in [-0.39, 0.29) is 0 Å². The summed E-state index contributed by atoms with van der Waals surface area (Å²) in [5, 5.41) is 3.39. The molecule has 1 heterocycles. The zero-order chi connectivity index (χ0) is 14.5. The van der Waals surface area contributed by atoms with E-state index < -0.39 is 0 Å². The highest BCUT2D eigenvalue weighted by Crippen LogP contribution is 2.35. The summed E-state index contributed by atoms with van der Waals surface area (Å²) >= 11 is 0. The van der Waals surface area contributed by atoms with Crippen LogP contribution in [0.3, 0.4) is 0 Å². The molecule has 0 radical (unpaired) electrons. The standard InChI is InChI=1S/C19H30N2/c1-2-20-14-16-9-11-17(12-10-16)15-21-13-5-7-18-6-3-4-8-19(18)21/h9-12,18-20H,2-8,13-15H2,1H3/t18-,19-/m1/s1. The Labute approximate surface area is 129 Å². The van der Waals surface area contributed by atoms with E-state index in [1.165, 1.54) is 56.2 Å². The fraction of sp³-hybridized carbons (Fsp3) is 0.684. The Morgan fingerprint density at radius 3 is 2.52 bits per heavy atom. The molecule has 2 atom stereocenters. The Balaban J connectivity index is 1.59. The van der Waals surface area contributed by atoms with Crippen LogP contribution in [-0.4, -0.2) is 24.0 Å². The highest BCUT2D eigenvalue weighted by atomic mass is 15.2. The van der Waals surface area contributed by atoms with Crippen molar-refractivity contribution in [2.24, 2.45) is 5.92 Å². The van der Waals surface area contributed by atoms with Gasteiger partial charge in [-0.25, -0.2) is 0 Å². The number of hydrogen-bond donors (Lipinski definition) is 1. The second-order valence-corrected chi connectivity index (χ2v) is 6.82. The van der Waals surface area contributed by atoms with Gasteiger partial charge in [0.15, 0.2) is 0 Å². The van der Waals surface area contributed by atoms with Crippen LogP contribution in [0, 0.1) is 5.92 Å². The zero-order valence-corrected chi connectivity index (χ0v) is 13.5. The average Bonchev–Trinajstić information content (AvgIpc) is 2.55. The van der Waals surface area contributed by atoms with Gasteiger partial charge in [0.25, 0.3) is 0 Å². The maximum atomic E-state index is 3.39. The van der Waals surface area contributed by atoms with E-state index in [1.54, 1.807) is 0 Å². The molecule has 0 unspecified atom stereocenters. The van der Waals surface area contributed by atoms with Gasteiger partial charge >= 0.3 is 0 Å². The van der Waals surface area contributed by atoms with Gasteiger partial charge in [-0.15, -0.1) is 0 Å². The smallest absolute Gasteiger partial charge is 0.0236 e. The van der Waals surface area contributed by atoms with Crippen LogP contribution in [0.2, 0.25) is 0 Å². The number of hydrogen-bond acceptors (Lipinski definition) is 2. The average molecular weight is 286 g/mol. The van der Waals surface area contributed by atoms with Crippen LogP contribution in [0.5, 0.6) is 0 Å². The largest absolute Gasteiger partial charge is 0.313 e. The van der Waals surface area contributed by atoms with E-state index in [2.05, 4.69) is 41.4 Å². The predicted octanol–water partition coefficient (Wildman–Crippen LogP) is 3.95. The van der Waals surface area contributed by atoms with E-state index in [9.17, 15) is 0 Å². The van der Waals surface area contributed by atoms with Crippen molar-refractivity contribution in [3.05, 3.63) is 35.4 Å². The van der Waals surface area contributed by atoms with Gasteiger partial charge in [-0.05, 0) is 55.8 Å². The molecule has 116 valence electrons. The third-order valence-electron chi connectivity index (χ3n) is 5.35. The minimum Gasteiger partial charge on any atom is -0.313 e. The first-order valence-corrected chi connectivity index (χ1v) is 8.89.